The highest BCUT2D eigenvalue weighted by atomic mass is 35.5. The van der Waals surface area contributed by atoms with Gasteiger partial charge in [0.15, 0.2) is 0 Å². The van der Waals surface area contributed by atoms with Crippen molar-refractivity contribution in [1.29, 1.82) is 0 Å². The molecule has 0 aromatic carbocycles. The molecule has 1 heterocycles. The number of hydrogen-bond acceptors (Lipinski definition) is 3. The van der Waals surface area contributed by atoms with Crippen molar-refractivity contribution in [2.75, 3.05) is 6.61 Å². The van der Waals surface area contributed by atoms with Crippen molar-refractivity contribution >= 4 is 23.6 Å². The number of carbonyl (C=O) groups is 1. The second kappa shape index (κ2) is 7.01. The van der Waals surface area contributed by atoms with Crippen LogP contribution in [0.4, 0.5) is 0 Å². The lowest BCUT2D eigenvalue weighted by Gasteiger charge is -1.99. The van der Waals surface area contributed by atoms with E-state index in [4.69, 9.17) is 16.3 Å². The zero-order valence-corrected chi connectivity index (χ0v) is 9.91. The molecule has 0 aliphatic heterocycles. The van der Waals surface area contributed by atoms with Gasteiger partial charge in [0, 0.05) is 12.3 Å². The summed E-state index contributed by atoms with van der Waals surface area (Å²) in [6.45, 7) is 2.49. The number of hydrogen-bond donors (Lipinski definition) is 0. The van der Waals surface area contributed by atoms with Crippen LogP contribution in [0, 0.1) is 0 Å². The third-order valence-corrected chi connectivity index (χ3v) is 2.23. The molecule has 0 aliphatic rings. The highest BCUT2D eigenvalue weighted by Crippen LogP contribution is 2.13. The SMILES string of the molecule is CCCCOC(=O)/C=C/c1ncccc1Cl. The maximum atomic E-state index is 11.2. The molecule has 1 rings (SSSR count). The van der Waals surface area contributed by atoms with Gasteiger partial charge in [-0.25, -0.2) is 4.79 Å². The second-order valence-electron chi connectivity index (χ2n) is 3.22. The number of esters is 1. The Bertz CT molecular complexity index is 377. The predicted octanol–water partition coefficient (Wildman–Crippen LogP) is 3.09. The molecule has 0 radical (unpaired) electrons. The third-order valence-electron chi connectivity index (χ3n) is 1.91. The van der Waals surface area contributed by atoms with Gasteiger partial charge >= 0.3 is 5.97 Å². The highest BCUT2D eigenvalue weighted by molar-refractivity contribution is 6.31. The summed E-state index contributed by atoms with van der Waals surface area (Å²) in [6, 6.07) is 3.45. The van der Waals surface area contributed by atoms with E-state index in [0.717, 1.165) is 12.8 Å². The molecule has 16 heavy (non-hydrogen) atoms. The van der Waals surface area contributed by atoms with Gasteiger partial charge in [0.2, 0.25) is 0 Å². The molecule has 0 atom stereocenters. The van der Waals surface area contributed by atoms with E-state index in [1.54, 1.807) is 24.4 Å². The van der Waals surface area contributed by atoms with Crippen LogP contribution < -0.4 is 0 Å². The van der Waals surface area contributed by atoms with E-state index < -0.39 is 0 Å². The Morgan fingerprint density at radius 3 is 3.12 bits per heavy atom. The topological polar surface area (TPSA) is 39.2 Å². The van der Waals surface area contributed by atoms with Crippen LogP contribution in [-0.4, -0.2) is 17.6 Å². The molecule has 0 saturated heterocycles. The number of aromatic nitrogens is 1. The summed E-state index contributed by atoms with van der Waals surface area (Å²) < 4.78 is 4.95. The fourth-order valence-electron chi connectivity index (χ4n) is 1.03. The van der Waals surface area contributed by atoms with E-state index in [2.05, 4.69) is 4.98 Å². The van der Waals surface area contributed by atoms with Crippen LogP contribution in [0.15, 0.2) is 24.4 Å². The number of ether oxygens (including phenoxy) is 1. The first kappa shape index (κ1) is 12.7. The normalized spacial score (nSPS) is 10.6. The minimum absolute atomic E-state index is 0.366. The fraction of sp³-hybridized carbons (Fsp3) is 0.333. The van der Waals surface area contributed by atoms with Crippen molar-refractivity contribution in [3.8, 4) is 0 Å². The van der Waals surface area contributed by atoms with Gasteiger partial charge in [-0.1, -0.05) is 24.9 Å². The fourth-order valence-corrected chi connectivity index (χ4v) is 1.22. The molecule has 1 aromatic rings. The van der Waals surface area contributed by atoms with Gasteiger partial charge < -0.3 is 4.74 Å². The molecule has 0 saturated carbocycles. The summed E-state index contributed by atoms with van der Waals surface area (Å²) in [6.07, 6.45) is 6.39. The lowest BCUT2D eigenvalue weighted by Crippen LogP contribution is -2.01. The minimum Gasteiger partial charge on any atom is -0.463 e. The summed E-state index contributed by atoms with van der Waals surface area (Å²) in [5, 5.41) is 0.514. The van der Waals surface area contributed by atoms with Gasteiger partial charge in [0.25, 0.3) is 0 Å². The number of halogens is 1. The molecule has 0 unspecified atom stereocenters. The van der Waals surface area contributed by atoms with Crippen molar-refractivity contribution in [1.82, 2.24) is 4.98 Å². The molecule has 0 spiro atoms. The Hall–Kier alpha value is -1.35. The lowest BCUT2D eigenvalue weighted by atomic mass is 10.3. The molecule has 4 heteroatoms. The quantitative estimate of drug-likeness (QED) is 0.450. The Balaban J connectivity index is 2.47. The largest absolute Gasteiger partial charge is 0.463 e. The minimum atomic E-state index is -0.366. The smallest absolute Gasteiger partial charge is 0.330 e. The first-order valence-corrected chi connectivity index (χ1v) is 5.57. The van der Waals surface area contributed by atoms with Crippen LogP contribution in [0.25, 0.3) is 6.08 Å². The molecule has 0 bridgehead atoms. The van der Waals surface area contributed by atoms with E-state index in [9.17, 15) is 4.79 Å². The molecule has 0 fully saturated rings. The van der Waals surface area contributed by atoms with Crippen LogP contribution >= 0.6 is 11.6 Å². The van der Waals surface area contributed by atoms with E-state index >= 15 is 0 Å². The summed E-state index contributed by atoms with van der Waals surface area (Å²) in [7, 11) is 0. The monoisotopic (exact) mass is 239 g/mol. The van der Waals surface area contributed by atoms with E-state index in [0.29, 0.717) is 17.3 Å². The average Bonchev–Trinajstić information content (AvgIpc) is 2.28. The van der Waals surface area contributed by atoms with Gasteiger partial charge in [0.05, 0.1) is 17.3 Å². The van der Waals surface area contributed by atoms with Crippen LogP contribution in [-0.2, 0) is 9.53 Å². The number of nitrogens with zero attached hydrogens (tertiary/aromatic N) is 1. The van der Waals surface area contributed by atoms with E-state index in [1.165, 1.54) is 6.08 Å². The van der Waals surface area contributed by atoms with Crippen LogP contribution in [0.5, 0.6) is 0 Å². The highest BCUT2D eigenvalue weighted by Gasteiger charge is 1.99. The van der Waals surface area contributed by atoms with E-state index in [1.807, 2.05) is 6.92 Å². The predicted molar refractivity (Wildman–Crippen MR) is 64.1 cm³/mol. The van der Waals surface area contributed by atoms with Crippen molar-refractivity contribution in [3.63, 3.8) is 0 Å². The van der Waals surface area contributed by atoms with Crippen LogP contribution in [0.3, 0.4) is 0 Å². The Morgan fingerprint density at radius 1 is 1.62 bits per heavy atom. The van der Waals surface area contributed by atoms with Gasteiger partial charge in [-0.2, -0.15) is 0 Å². The molecule has 0 N–H and O–H groups in total. The van der Waals surface area contributed by atoms with Crippen molar-refractivity contribution in [3.05, 3.63) is 35.1 Å². The summed E-state index contributed by atoms with van der Waals surface area (Å²) in [4.78, 5) is 15.2. The van der Waals surface area contributed by atoms with Gasteiger partial charge in [0.1, 0.15) is 0 Å². The molecule has 86 valence electrons. The van der Waals surface area contributed by atoms with Crippen molar-refractivity contribution in [2.24, 2.45) is 0 Å². The Labute approximate surface area is 100 Å². The third kappa shape index (κ3) is 4.45. The molecule has 3 nitrogen and oxygen atoms in total. The molecular formula is C12H14ClNO2. The standard InChI is InChI=1S/C12H14ClNO2/c1-2-3-9-16-12(15)7-6-11-10(13)5-4-8-14-11/h4-8H,2-3,9H2,1H3/b7-6+. The van der Waals surface area contributed by atoms with Crippen molar-refractivity contribution < 1.29 is 9.53 Å². The van der Waals surface area contributed by atoms with Crippen molar-refractivity contribution in [2.45, 2.75) is 19.8 Å². The summed E-state index contributed by atoms with van der Waals surface area (Å²) >= 11 is 5.87. The van der Waals surface area contributed by atoms with Crippen LogP contribution in [0.2, 0.25) is 5.02 Å². The second-order valence-corrected chi connectivity index (χ2v) is 3.63. The van der Waals surface area contributed by atoms with E-state index in [-0.39, 0.29) is 5.97 Å². The maximum absolute atomic E-state index is 11.2. The summed E-state index contributed by atoms with van der Waals surface area (Å²) in [5.74, 6) is -0.366. The maximum Gasteiger partial charge on any atom is 0.330 e. The number of pyridine rings is 1. The number of carbonyl (C=O) groups excluding carboxylic acids is 1. The Kier molecular flexibility index (Phi) is 5.57. The average molecular weight is 240 g/mol. The molecule has 1 aromatic heterocycles. The lowest BCUT2D eigenvalue weighted by molar-refractivity contribution is -0.137. The zero-order chi connectivity index (χ0) is 11.8. The first-order valence-electron chi connectivity index (χ1n) is 5.19. The van der Waals surface area contributed by atoms with Gasteiger partial charge in [-0.05, 0) is 24.6 Å². The van der Waals surface area contributed by atoms with Crippen LogP contribution in [0.1, 0.15) is 25.5 Å². The molecule has 0 amide bonds. The summed E-state index contributed by atoms with van der Waals surface area (Å²) in [5.41, 5.74) is 0.566. The zero-order valence-electron chi connectivity index (χ0n) is 9.15. The molecule has 0 aliphatic carbocycles. The van der Waals surface area contributed by atoms with Gasteiger partial charge in [-0.3, -0.25) is 4.98 Å². The first-order chi connectivity index (χ1) is 7.74. The molecular weight excluding hydrogens is 226 g/mol. The number of unbranched alkanes of at least 4 members (excludes halogenated alkanes) is 1. The van der Waals surface area contributed by atoms with Gasteiger partial charge in [-0.15, -0.1) is 0 Å². The Morgan fingerprint density at radius 2 is 2.44 bits per heavy atom. The number of rotatable bonds is 5.